The number of esters is 1. The predicted molar refractivity (Wildman–Crippen MR) is 85.8 cm³/mol. The molecule has 1 aromatic rings. The Morgan fingerprint density at radius 2 is 2.14 bits per heavy atom. The fraction of sp³-hybridized carbons (Fsp3) is 0.375. The van der Waals surface area contributed by atoms with Crippen molar-refractivity contribution in [1.29, 1.82) is 0 Å². The first-order chi connectivity index (χ1) is 10.3. The molecule has 1 aromatic carbocycles. The molecule has 2 aliphatic rings. The Morgan fingerprint density at radius 3 is 2.90 bits per heavy atom. The van der Waals surface area contributed by atoms with E-state index in [1.54, 1.807) is 11.8 Å². The number of carbonyl (C=O) groups is 1. The quantitative estimate of drug-likeness (QED) is 0.805. The van der Waals surface area contributed by atoms with Crippen LogP contribution in [-0.2, 0) is 9.53 Å². The zero-order valence-corrected chi connectivity index (χ0v) is 12.9. The zero-order chi connectivity index (χ0) is 14.7. The number of ether oxygens (including phenoxy) is 1. The molecule has 110 valence electrons. The minimum atomic E-state index is -0.254. The number of amidine groups is 1. The Morgan fingerprint density at radius 1 is 1.33 bits per heavy atom. The highest BCUT2D eigenvalue weighted by Gasteiger charge is 2.35. The standard InChI is InChI=1S/C16H18N2O2S/c1-2-20-15(19)13-14(12-8-4-3-5-9-12)21-16-17-10-6-7-11-18(13)16/h3-5,8-9H,2,6-7,10-11H2,1H3. The number of rotatable bonds is 3. The Bertz CT molecular complexity index is 596. The number of thioether (sulfide) groups is 1. The van der Waals surface area contributed by atoms with Gasteiger partial charge in [0.05, 0.1) is 11.5 Å². The summed E-state index contributed by atoms with van der Waals surface area (Å²) in [7, 11) is 0. The van der Waals surface area contributed by atoms with Gasteiger partial charge in [-0.05, 0) is 37.1 Å². The third-order valence-corrected chi connectivity index (χ3v) is 4.62. The lowest BCUT2D eigenvalue weighted by molar-refractivity contribution is -0.139. The summed E-state index contributed by atoms with van der Waals surface area (Å²) >= 11 is 1.58. The van der Waals surface area contributed by atoms with Crippen LogP contribution in [0, 0.1) is 0 Å². The van der Waals surface area contributed by atoms with Crippen molar-refractivity contribution in [3.05, 3.63) is 41.6 Å². The molecule has 0 aliphatic carbocycles. The van der Waals surface area contributed by atoms with Gasteiger partial charge in [0.15, 0.2) is 5.17 Å². The van der Waals surface area contributed by atoms with Crippen LogP contribution in [0.25, 0.3) is 4.91 Å². The van der Waals surface area contributed by atoms with Crippen molar-refractivity contribution < 1.29 is 9.53 Å². The average Bonchev–Trinajstić information content (AvgIpc) is 2.72. The van der Waals surface area contributed by atoms with E-state index in [1.165, 1.54) is 0 Å². The topological polar surface area (TPSA) is 41.9 Å². The first-order valence-corrected chi connectivity index (χ1v) is 8.09. The fourth-order valence-corrected chi connectivity index (χ4v) is 3.66. The highest BCUT2D eigenvalue weighted by molar-refractivity contribution is 8.22. The van der Waals surface area contributed by atoms with E-state index in [4.69, 9.17) is 4.74 Å². The molecule has 0 radical (unpaired) electrons. The monoisotopic (exact) mass is 302 g/mol. The lowest BCUT2D eigenvalue weighted by atomic mass is 10.1. The van der Waals surface area contributed by atoms with Gasteiger partial charge in [0.1, 0.15) is 5.70 Å². The summed E-state index contributed by atoms with van der Waals surface area (Å²) in [6, 6.07) is 9.99. The summed E-state index contributed by atoms with van der Waals surface area (Å²) in [5.74, 6) is -0.254. The van der Waals surface area contributed by atoms with Crippen molar-refractivity contribution in [2.75, 3.05) is 19.7 Å². The Balaban J connectivity index is 2.04. The van der Waals surface area contributed by atoms with Gasteiger partial charge in [-0.1, -0.05) is 30.3 Å². The van der Waals surface area contributed by atoms with Gasteiger partial charge in [0.25, 0.3) is 0 Å². The smallest absolute Gasteiger partial charge is 0.356 e. The molecule has 4 nitrogen and oxygen atoms in total. The number of fused-ring (bicyclic) bond motifs is 1. The van der Waals surface area contributed by atoms with E-state index in [1.807, 2.05) is 42.2 Å². The molecule has 2 aliphatic heterocycles. The molecule has 3 rings (SSSR count). The molecule has 5 heteroatoms. The molecule has 0 aromatic heterocycles. The predicted octanol–water partition coefficient (Wildman–Crippen LogP) is 3.12. The van der Waals surface area contributed by atoms with Crippen molar-refractivity contribution in [1.82, 2.24) is 4.90 Å². The van der Waals surface area contributed by atoms with Crippen molar-refractivity contribution >= 4 is 27.8 Å². The summed E-state index contributed by atoms with van der Waals surface area (Å²) in [6.45, 7) is 3.88. The molecule has 0 fully saturated rings. The SMILES string of the molecule is CCOC(=O)C1=C(c2ccccc2)SC2=NCCCCN21. The third-order valence-electron chi connectivity index (χ3n) is 3.45. The maximum Gasteiger partial charge on any atom is 0.356 e. The maximum atomic E-state index is 12.4. The van der Waals surface area contributed by atoms with E-state index in [2.05, 4.69) is 4.99 Å². The zero-order valence-electron chi connectivity index (χ0n) is 12.0. The van der Waals surface area contributed by atoms with Crippen LogP contribution in [0.4, 0.5) is 0 Å². The molecule has 0 amide bonds. The molecule has 21 heavy (non-hydrogen) atoms. The van der Waals surface area contributed by atoms with Gasteiger partial charge in [-0.15, -0.1) is 0 Å². The van der Waals surface area contributed by atoms with Crippen LogP contribution in [-0.4, -0.2) is 35.7 Å². The van der Waals surface area contributed by atoms with Gasteiger partial charge >= 0.3 is 5.97 Å². The second-order valence-electron chi connectivity index (χ2n) is 4.89. The number of hydrogen-bond donors (Lipinski definition) is 0. The van der Waals surface area contributed by atoms with Gasteiger partial charge in [-0.25, -0.2) is 4.79 Å². The van der Waals surface area contributed by atoms with Crippen molar-refractivity contribution in [3.8, 4) is 0 Å². The molecule has 0 saturated heterocycles. The number of benzene rings is 1. The minimum absolute atomic E-state index is 0.254. The van der Waals surface area contributed by atoms with E-state index < -0.39 is 0 Å². The molecule has 2 heterocycles. The molecule has 0 N–H and O–H groups in total. The van der Waals surface area contributed by atoms with Gasteiger partial charge < -0.3 is 9.64 Å². The second-order valence-corrected chi connectivity index (χ2v) is 5.87. The van der Waals surface area contributed by atoms with Crippen LogP contribution in [0.2, 0.25) is 0 Å². The lowest BCUT2D eigenvalue weighted by Crippen LogP contribution is -2.29. The first kappa shape index (κ1) is 14.2. The Kier molecular flexibility index (Phi) is 4.29. The van der Waals surface area contributed by atoms with Gasteiger partial charge in [0.2, 0.25) is 0 Å². The largest absolute Gasteiger partial charge is 0.461 e. The summed E-state index contributed by atoms with van der Waals surface area (Å²) < 4.78 is 5.26. The van der Waals surface area contributed by atoms with Crippen molar-refractivity contribution in [2.45, 2.75) is 19.8 Å². The van der Waals surface area contributed by atoms with Crippen LogP contribution in [0.5, 0.6) is 0 Å². The molecule has 0 unspecified atom stereocenters. The van der Waals surface area contributed by atoms with Crippen molar-refractivity contribution in [3.63, 3.8) is 0 Å². The third kappa shape index (κ3) is 2.83. The Labute approximate surface area is 128 Å². The molecular formula is C16H18N2O2S. The fourth-order valence-electron chi connectivity index (χ4n) is 2.48. The van der Waals surface area contributed by atoms with Crippen LogP contribution >= 0.6 is 11.8 Å². The molecule has 0 saturated carbocycles. The first-order valence-electron chi connectivity index (χ1n) is 7.28. The van der Waals surface area contributed by atoms with E-state index in [0.29, 0.717) is 12.3 Å². The summed E-state index contributed by atoms with van der Waals surface area (Å²) in [5.41, 5.74) is 1.69. The number of nitrogens with zero attached hydrogens (tertiary/aromatic N) is 2. The van der Waals surface area contributed by atoms with E-state index in [-0.39, 0.29) is 5.97 Å². The Hall–Kier alpha value is -1.75. The van der Waals surface area contributed by atoms with Crippen LogP contribution in [0.3, 0.4) is 0 Å². The molecular weight excluding hydrogens is 284 g/mol. The summed E-state index contributed by atoms with van der Waals surface area (Å²) in [5, 5.41) is 0.925. The molecule has 0 bridgehead atoms. The highest BCUT2D eigenvalue weighted by Crippen LogP contribution is 2.42. The van der Waals surface area contributed by atoms with Crippen LogP contribution in [0.1, 0.15) is 25.3 Å². The van der Waals surface area contributed by atoms with Crippen LogP contribution < -0.4 is 0 Å². The minimum Gasteiger partial charge on any atom is -0.461 e. The second kappa shape index (κ2) is 6.35. The van der Waals surface area contributed by atoms with Gasteiger partial charge in [-0.2, -0.15) is 0 Å². The van der Waals surface area contributed by atoms with Gasteiger partial charge in [0, 0.05) is 13.1 Å². The average molecular weight is 302 g/mol. The maximum absolute atomic E-state index is 12.4. The molecule has 0 spiro atoms. The number of carbonyl (C=O) groups excluding carboxylic acids is 1. The van der Waals surface area contributed by atoms with Crippen molar-refractivity contribution in [2.24, 2.45) is 4.99 Å². The van der Waals surface area contributed by atoms with Gasteiger partial charge in [-0.3, -0.25) is 4.99 Å². The van der Waals surface area contributed by atoms with E-state index >= 15 is 0 Å². The van der Waals surface area contributed by atoms with Crippen LogP contribution in [0.15, 0.2) is 41.0 Å². The number of hydrogen-bond acceptors (Lipinski definition) is 5. The highest BCUT2D eigenvalue weighted by atomic mass is 32.2. The normalized spacial score (nSPS) is 18.1. The number of aliphatic imine (C=N–C) groups is 1. The summed E-state index contributed by atoms with van der Waals surface area (Å²) in [6.07, 6.45) is 2.11. The van der Waals surface area contributed by atoms with E-state index in [0.717, 1.165) is 41.6 Å². The summed E-state index contributed by atoms with van der Waals surface area (Å²) in [4.78, 5) is 20.0. The lowest BCUT2D eigenvalue weighted by Gasteiger charge is -2.19. The van der Waals surface area contributed by atoms with E-state index in [9.17, 15) is 4.79 Å². The molecule has 0 atom stereocenters.